The Hall–Kier alpha value is -2.18. The SMILES string of the molecule is Cn1ccnc1[C@H]1OCC[C@@H]1NCc1ccc2cn[nH]c2c1. The normalized spacial score (nSPS) is 21.7. The summed E-state index contributed by atoms with van der Waals surface area (Å²) in [6, 6.07) is 6.66. The third kappa shape index (κ3) is 2.40. The first kappa shape index (κ1) is 13.5. The van der Waals surface area contributed by atoms with Crippen LogP contribution in [-0.4, -0.2) is 32.4 Å². The van der Waals surface area contributed by atoms with Gasteiger partial charge in [0.2, 0.25) is 0 Å². The van der Waals surface area contributed by atoms with E-state index < -0.39 is 0 Å². The summed E-state index contributed by atoms with van der Waals surface area (Å²) in [6.45, 7) is 1.58. The van der Waals surface area contributed by atoms with Crippen molar-refractivity contribution in [3.05, 3.63) is 48.2 Å². The van der Waals surface area contributed by atoms with Gasteiger partial charge in [0.1, 0.15) is 11.9 Å². The molecule has 2 atom stereocenters. The monoisotopic (exact) mass is 297 g/mol. The third-order valence-corrected chi connectivity index (χ3v) is 4.28. The van der Waals surface area contributed by atoms with Crippen molar-refractivity contribution in [2.24, 2.45) is 7.05 Å². The van der Waals surface area contributed by atoms with Gasteiger partial charge in [0.25, 0.3) is 0 Å². The van der Waals surface area contributed by atoms with Gasteiger partial charge in [-0.15, -0.1) is 0 Å². The van der Waals surface area contributed by atoms with Crippen LogP contribution in [0.25, 0.3) is 10.9 Å². The molecule has 114 valence electrons. The van der Waals surface area contributed by atoms with E-state index in [0.29, 0.717) is 6.04 Å². The number of hydrogen-bond acceptors (Lipinski definition) is 4. The Bertz CT molecular complexity index is 778. The molecule has 2 N–H and O–H groups in total. The van der Waals surface area contributed by atoms with Crippen LogP contribution in [0.15, 0.2) is 36.8 Å². The van der Waals surface area contributed by atoms with E-state index in [1.54, 1.807) is 0 Å². The van der Waals surface area contributed by atoms with Crippen molar-refractivity contribution >= 4 is 10.9 Å². The lowest BCUT2D eigenvalue weighted by molar-refractivity contribution is 0.0893. The van der Waals surface area contributed by atoms with E-state index in [4.69, 9.17) is 4.74 Å². The zero-order valence-corrected chi connectivity index (χ0v) is 12.5. The average Bonchev–Trinajstić information content (AvgIpc) is 3.24. The highest BCUT2D eigenvalue weighted by Crippen LogP contribution is 2.28. The number of rotatable bonds is 4. The average molecular weight is 297 g/mol. The molecule has 0 unspecified atom stereocenters. The number of ether oxygens (including phenoxy) is 1. The van der Waals surface area contributed by atoms with Crippen LogP contribution in [0.4, 0.5) is 0 Å². The minimum atomic E-state index is 0.0240. The molecule has 4 rings (SSSR count). The number of nitrogens with zero attached hydrogens (tertiary/aromatic N) is 3. The number of nitrogens with one attached hydrogen (secondary N) is 2. The van der Waals surface area contributed by atoms with Gasteiger partial charge in [0.05, 0.1) is 11.7 Å². The first-order chi connectivity index (χ1) is 10.8. The molecule has 0 amide bonds. The maximum absolute atomic E-state index is 5.88. The Morgan fingerprint density at radius 1 is 1.45 bits per heavy atom. The van der Waals surface area contributed by atoms with Crippen LogP contribution in [0.3, 0.4) is 0 Å². The van der Waals surface area contributed by atoms with Crippen molar-refractivity contribution in [2.75, 3.05) is 6.61 Å². The first-order valence-electron chi connectivity index (χ1n) is 7.55. The molecule has 0 bridgehead atoms. The van der Waals surface area contributed by atoms with Crippen LogP contribution >= 0.6 is 0 Å². The quantitative estimate of drug-likeness (QED) is 0.772. The fraction of sp³-hybridized carbons (Fsp3) is 0.375. The van der Waals surface area contributed by atoms with Crippen molar-refractivity contribution in [3.63, 3.8) is 0 Å². The fourth-order valence-electron chi connectivity index (χ4n) is 3.05. The Kier molecular flexibility index (Phi) is 3.40. The molecule has 0 saturated carbocycles. The Balaban J connectivity index is 1.47. The zero-order chi connectivity index (χ0) is 14.9. The highest BCUT2D eigenvalue weighted by molar-refractivity contribution is 5.78. The predicted molar refractivity (Wildman–Crippen MR) is 83.2 cm³/mol. The van der Waals surface area contributed by atoms with E-state index >= 15 is 0 Å². The molecule has 1 aliphatic heterocycles. The number of hydrogen-bond donors (Lipinski definition) is 2. The van der Waals surface area contributed by atoms with Gasteiger partial charge in [0, 0.05) is 44.0 Å². The predicted octanol–water partition coefficient (Wildman–Crippen LogP) is 1.92. The first-order valence-corrected chi connectivity index (χ1v) is 7.55. The maximum atomic E-state index is 5.88. The van der Waals surface area contributed by atoms with Crippen LogP contribution in [0, 0.1) is 0 Å². The van der Waals surface area contributed by atoms with Crippen LogP contribution in [0.5, 0.6) is 0 Å². The maximum Gasteiger partial charge on any atom is 0.139 e. The van der Waals surface area contributed by atoms with Crippen molar-refractivity contribution in [2.45, 2.75) is 25.1 Å². The molecule has 0 aliphatic carbocycles. The fourth-order valence-corrected chi connectivity index (χ4v) is 3.05. The minimum absolute atomic E-state index is 0.0240. The van der Waals surface area contributed by atoms with E-state index in [1.165, 1.54) is 5.56 Å². The number of benzene rings is 1. The standard InChI is InChI=1S/C16H19N5O/c1-21-6-5-17-16(21)15-13(4-7-22-15)18-9-11-2-3-12-10-19-20-14(12)8-11/h2-3,5-6,8,10,13,15,18H,4,7,9H2,1H3,(H,19,20)/t13-,15-/m0/s1. The Morgan fingerprint density at radius 2 is 2.41 bits per heavy atom. The van der Waals surface area contributed by atoms with Gasteiger partial charge in [-0.25, -0.2) is 4.98 Å². The van der Waals surface area contributed by atoms with Crippen molar-refractivity contribution < 1.29 is 4.74 Å². The van der Waals surface area contributed by atoms with Gasteiger partial charge in [0.15, 0.2) is 0 Å². The summed E-state index contributed by atoms with van der Waals surface area (Å²) in [5, 5.41) is 11.8. The summed E-state index contributed by atoms with van der Waals surface area (Å²) in [5.41, 5.74) is 2.31. The van der Waals surface area contributed by atoms with Gasteiger partial charge in [-0.2, -0.15) is 5.10 Å². The second kappa shape index (κ2) is 5.55. The molecule has 1 aromatic carbocycles. The molecule has 3 heterocycles. The summed E-state index contributed by atoms with van der Waals surface area (Å²) in [7, 11) is 2.01. The van der Waals surface area contributed by atoms with Crippen molar-refractivity contribution in [1.82, 2.24) is 25.1 Å². The van der Waals surface area contributed by atoms with Crippen molar-refractivity contribution in [1.29, 1.82) is 0 Å². The number of fused-ring (bicyclic) bond motifs is 1. The van der Waals surface area contributed by atoms with Crippen LogP contribution in [0.2, 0.25) is 0 Å². The summed E-state index contributed by atoms with van der Waals surface area (Å²) in [5.74, 6) is 0.985. The molecule has 6 nitrogen and oxygen atoms in total. The van der Waals surface area contributed by atoms with E-state index in [2.05, 4.69) is 38.7 Å². The number of H-pyrrole nitrogens is 1. The second-order valence-corrected chi connectivity index (χ2v) is 5.76. The lowest BCUT2D eigenvalue weighted by atomic mass is 10.1. The van der Waals surface area contributed by atoms with Gasteiger partial charge < -0.3 is 14.6 Å². The van der Waals surface area contributed by atoms with Gasteiger partial charge in [-0.3, -0.25) is 5.10 Å². The van der Waals surface area contributed by atoms with Crippen LogP contribution < -0.4 is 5.32 Å². The number of aromatic amines is 1. The van der Waals surface area contributed by atoms with Crippen LogP contribution in [-0.2, 0) is 18.3 Å². The molecule has 22 heavy (non-hydrogen) atoms. The van der Waals surface area contributed by atoms with E-state index in [9.17, 15) is 0 Å². The molecule has 1 saturated heterocycles. The molecule has 1 fully saturated rings. The molecule has 1 aliphatic rings. The highest BCUT2D eigenvalue weighted by atomic mass is 16.5. The van der Waals surface area contributed by atoms with Gasteiger partial charge in [-0.1, -0.05) is 12.1 Å². The smallest absolute Gasteiger partial charge is 0.139 e. The lowest BCUT2D eigenvalue weighted by Crippen LogP contribution is -2.32. The van der Waals surface area contributed by atoms with E-state index in [1.807, 2.05) is 30.2 Å². The number of aromatic nitrogens is 4. The molecular weight excluding hydrogens is 278 g/mol. The number of imidazole rings is 1. The van der Waals surface area contributed by atoms with Gasteiger partial charge in [-0.05, 0) is 18.1 Å². The highest BCUT2D eigenvalue weighted by Gasteiger charge is 2.31. The summed E-state index contributed by atoms with van der Waals surface area (Å²) < 4.78 is 7.90. The summed E-state index contributed by atoms with van der Waals surface area (Å²) >= 11 is 0. The van der Waals surface area contributed by atoms with Gasteiger partial charge >= 0.3 is 0 Å². The largest absolute Gasteiger partial charge is 0.369 e. The molecule has 0 spiro atoms. The van der Waals surface area contributed by atoms with Crippen LogP contribution in [0.1, 0.15) is 23.9 Å². The Morgan fingerprint density at radius 3 is 3.27 bits per heavy atom. The number of aryl methyl sites for hydroxylation is 1. The minimum Gasteiger partial charge on any atom is -0.369 e. The molecular formula is C16H19N5O. The molecule has 3 aromatic rings. The topological polar surface area (TPSA) is 67.8 Å². The van der Waals surface area contributed by atoms with E-state index in [0.717, 1.165) is 36.3 Å². The summed E-state index contributed by atoms with van der Waals surface area (Å²) in [4.78, 5) is 4.42. The summed E-state index contributed by atoms with van der Waals surface area (Å²) in [6.07, 6.45) is 6.65. The molecule has 2 aromatic heterocycles. The van der Waals surface area contributed by atoms with Crippen molar-refractivity contribution in [3.8, 4) is 0 Å². The Labute approximate surface area is 128 Å². The molecule has 0 radical (unpaired) electrons. The van der Waals surface area contributed by atoms with E-state index in [-0.39, 0.29) is 6.10 Å². The molecule has 6 heteroatoms. The lowest BCUT2D eigenvalue weighted by Gasteiger charge is -2.19. The third-order valence-electron chi connectivity index (χ3n) is 4.28. The zero-order valence-electron chi connectivity index (χ0n) is 12.5. The second-order valence-electron chi connectivity index (χ2n) is 5.76.